The van der Waals surface area contributed by atoms with Crippen LogP contribution in [-0.4, -0.2) is 32.2 Å². The molecule has 0 atom stereocenters. The molecular formula is C20H19N5O2S2. The average Bonchev–Trinajstić information content (AvgIpc) is 3.47. The molecule has 0 spiro atoms. The number of anilines is 1. The number of thiazole rings is 1. The van der Waals surface area contributed by atoms with Crippen molar-refractivity contribution < 1.29 is 9.21 Å². The molecule has 4 aromatic rings. The second-order valence-corrected chi connectivity index (χ2v) is 7.91. The smallest absolute Gasteiger partial charge is 0.225 e. The summed E-state index contributed by atoms with van der Waals surface area (Å²) < 4.78 is 7.52. The van der Waals surface area contributed by atoms with E-state index in [2.05, 4.69) is 15.2 Å². The van der Waals surface area contributed by atoms with Gasteiger partial charge in [0.05, 0.1) is 12.0 Å². The van der Waals surface area contributed by atoms with Crippen molar-refractivity contribution in [1.29, 1.82) is 0 Å². The van der Waals surface area contributed by atoms with Gasteiger partial charge in [0.15, 0.2) is 16.0 Å². The maximum absolute atomic E-state index is 11.7. The Morgan fingerprint density at radius 3 is 2.72 bits per heavy atom. The molecule has 3 heterocycles. The molecule has 7 nitrogen and oxygen atoms in total. The van der Waals surface area contributed by atoms with E-state index in [9.17, 15) is 4.79 Å². The van der Waals surface area contributed by atoms with Crippen LogP contribution in [0.1, 0.15) is 19.5 Å². The molecule has 0 saturated heterocycles. The Labute approximate surface area is 176 Å². The molecule has 0 unspecified atom stereocenters. The van der Waals surface area contributed by atoms with E-state index in [-0.39, 0.29) is 5.91 Å². The fraction of sp³-hybridized carbons (Fsp3) is 0.200. The van der Waals surface area contributed by atoms with E-state index in [1.807, 2.05) is 59.3 Å². The number of aromatic nitrogens is 4. The van der Waals surface area contributed by atoms with Crippen molar-refractivity contribution in [3.05, 3.63) is 59.8 Å². The van der Waals surface area contributed by atoms with Crippen molar-refractivity contribution >= 4 is 34.1 Å². The van der Waals surface area contributed by atoms with Gasteiger partial charge in [0.2, 0.25) is 11.7 Å². The number of nitrogens with zero attached hydrogens (tertiary/aromatic N) is 5. The lowest BCUT2D eigenvalue weighted by Crippen LogP contribution is -2.27. The monoisotopic (exact) mass is 425 g/mol. The zero-order chi connectivity index (χ0) is 20.2. The van der Waals surface area contributed by atoms with E-state index in [0.29, 0.717) is 23.9 Å². The van der Waals surface area contributed by atoms with E-state index in [0.717, 1.165) is 21.7 Å². The molecule has 148 valence electrons. The molecule has 9 heteroatoms. The minimum absolute atomic E-state index is 0.00652. The third-order valence-electron chi connectivity index (χ3n) is 4.21. The molecule has 0 aliphatic rings. The van der Waals surface area contributed by atoms with Gasteiger partial charge in [0.1, 0.15) is 0 Å². The van der Waals surface area contributed by atoms with Crippen LogP contribution >= 0.6 is 23.1 Å². The van der Waals surface area contributed by atoms with Crippen LogP contribution in [0.25, 0.3) is 17.3 Å². The second-order valence-electron chi connectivity index (χ2n) is 6.13. The van der Waals surface area contributed by atoms with Gasteiger partial charge in [0.25, 0.3) is 0 Å². The topological polar surface area (TPSA) is 77.1 Å². The highest BCUT2D eigenvalue weighted by Crippen LogP contribution is 2.31. The number of hydrogen-bond acceptors (Lipinski definition) is 7. The van der Waals surface area contributed by atoms with Gasteiger partial charge in [-0.3, -0.25) is 14.3 Å². The predicted molar refractivity (Wildman–Crippen MR) is 114 cm³/mol. The Morgan fingerprint density at radius 1 is 1.21 bits per heavy atom. The second kappa shape index (κ2) is 8.62. The molecule has 0 aliphatic heterocycles. The lowest BCUT2D eigenvalue weighted by atomic mass is 10.3. The van der Waals surface area contributed by atoms with E-state index in [4.69, 9.17) is 4.42 Å². The van der Waals surface area contributed by atoms with Crippen LogP contribution in [-0.2, 0) is 10.5 Å². The van der Waals surface area contributed by atoms with Gasteiger partial charge in [-0.1, -0.05) is 30.0 Å². The summed E-state index contributed by atoms with van der Waals surface area (Å²) in [5.41, 5.74) is 1.86. The Hall–Kier alpha value is -2.91. The standard InChI is InChI=1S/C20H19N5O2S2/c1-3-24(14(2)26)19-21-15(12-28-19)13-29-20-23-22-18(17-10-7-11-27-17)25(20)16-8-5-4-6-9-16/h4-12H,3,13H2,1-2H3. The van der Waals surface area contributed by atoms with Crippen molar-refractivity contribution in [3.63, 3.8) is 0 Å². The molecule has 0 saturated carbocycles. The first-order chi connectivity index (χ1) is 14.2. The van der Waals surface area contributed by atoms with Crippen LogP contribution < -0.4 is 4.90 Å². The summed E-state index contributed by atoms with van der Waals surface area (Å²) >= 11 is 3.01. The number of carbonyl (C=O) groups excluding carboxylic acids is 1. The number of amides is 1. The molecule has 0 aliphatic carbocycles. The molecule has 0 radical (unpaired) electrons. The Bertz CT molecular complexity index is 1090. The van der Waals surface area contributed by atoms with Crippen molar-refractivity contribution in [2.75, 3.05) is 11.4 Å². The van der Waals surface area contributed by atoms with Gasteiger partial charge >= 0.3 is 0 Å². The maximum atomic E-state index is 11.7. The summed E-state index contributed by atoms with van der Waals surface area (Å²) in [6.45, 7) is 4.10. The minimum Gasteiger partial charge on any atom is -0.461 e. The third kappa shape index (κ3) is 4.10. The highest BCUT2D eigenvalue weighted by Gasteiger charge is 2.19. The van der Waals surface area contributed by atoms with Gasteiger partial charge in [-0.2, -0.15) is 0 Å². The largest absolute Gasteiger partial charge is 0.461 e. The summed E-state index contributed by atoms with van der Waals surface area (Å²) in [6, 6.07) is 13.6. The number of carbonyl (C=O) groups is 1. The number of thioether (sulfide) groups is 1. The molecule has 0 N–H and O–H groups in total. The summed E-state index contributed by atoms with van der Waals surface area (Å²) in [5, 5.41) is 12.2. The number of rotatable bonds is 7. The first-order valence-electron chi connectivity index (χ1n) is 9.07. The molecule has 0 fully saturated rings. The van der Waals surface area contributed by atoms with E-state index >= 15 is 0 Å². The lowest BCUT2D eigenvalue weighted by molar-refractivity contribution is -0.116. The number of furan rings is 1. The summed E-state index contributed by atoms with van der Waals surface area (Å²) in [7, 11) is 0. The zero-order valence-corrected chi connectivity index (χ0v) is 17.6. The van der Waals surface area contributed by atoms with E-state index in [1.165, 1.54) is 11.3 Å². The van der Waals surface area contributed by atoms with E-state index < -0.39 is 0 Å². The van der Waals surface area contributed by atoms with Gasteiger partial charge < -0.3 is 4.42 Å². The Morgan fingerprint density at radius 2 is 2.03 bits per heavy atom. The Balaban J connectivity index is 1.60. The highest BCUT2D eigenvalue weighted by molar-refractivity contribution is 7.98. The molecule has 1 aromatic carbocycles. The van der Waals surface area contributed by atoms with Crippen LogP contribution in [0.5, 0.6) is 0 Å². The van der Waals surface area contributed by atoms with Crippen molar-refractivity contribution in [2.24, 2.45) is 0 Å². The lowest BCUT2D eigenvalue weighted by Gasteiger charge is -2.14. The highest BCUT2D eigenvalue weighted by atomic mass is 32.2. The summed E-state index contributed by atoms with van der Waals surface area (Å²) in [5.74, 6) is 1.92. The van der Waals surface area contributed by atoms with Gasteiger partial charge in [0, 0.05) is 30.3 Å². The van der Waals surface area contributed by atoms with Gasteiger partial charge in [-0.25, -0.2) is 4.98 Å². The zero-order valence-electron chi connectivity index (χ0n) is 16.0. The normalized spacial score (nSPS) is 11.0. The van der Waals surface area contributed by atoms with E-state index in [1.54, 1.807) is 29.8 Å². The molecule has 0 bridgehead atoms. The quantitative estimate of drug-likeness (QED) is 0.401. The van der Waals surface area contributed by atoms with Crippen molar-refractivity contribution in [1.82, 2.24) is 19.7 Å². The van der Waals surface area contributed by atoms with Gasteiger partial charge in [-0.15, -0.1) is 21.5 Å². The molecular weight excluding hydrogens is 406 g/mol. The average molecular weight is 426 g/mol. The summed E-state index contributed by atoms with van der Waals surface area (Å²) in [6.07, 6.45) is 1.62. The fourth-order valence-electron chi connectivity index (χ4n) is 2.86. The number of para-hydroxylation sites is 1. The molecule has 1 amide bonds. The Kier molecular flexibility index (Phi) is 5.77. The number of hydrogen-bond donors (Lipinski definition) is 0. The minimum atomic E-state index is -0.00652. The number of benzene rings is 1. The maximum Gasteiger partial charge on any atom is 0.225 e. The van der Waals surface area contributed by atoms with Crippen LogP contribution in [0.2, 0.25) is 0 Å². The van der Waals surface area contributed by atoms with Crippen LogP contribution in [0, 0.1) is 0 Å². The fourth-order valence-corrected chi connectivity index (χ4v) is 4.74. The van der Waals surface area contributed by atoms with Crippen molar-refractivity contribution in [2.45, 2.75) is 24.8 Å². The first-order valence-corrected chi connectivity index (χ1v) is 10.9. The van der Waals surface area contributed by atoms with Crippen LogP contribution in [0.4, 0.5) is 5.13 Å². The molecule has 29 heavy (non-hydrogen) atoms. The SMILES string of the molecule is CCN(C(C)=O)c1nc(CSc2nnc(-c3ccco3)n2-c2ccccc2)cs1. The third-order valence-corrected chi connectivity index (χ3v) is 6.08. The van der Waals surface area contributed by atoms with Gasteiger partial charge in [-0.05, 0) is 31.2 Å². The summed E-state index contributed by atoms with van der Waals surface area (Å²) in [4.78, 5) is 18.0. The molecule has 3 aromatic heterocycles. The first kappa shape index (κ1) is 19.4. The predicted octanol–water partition coefficient (Wildman–Crippen LogP) is 4.65. The van der Waals surface area contributed by atoms with Crippen LogP contribution in [0.3, 0.4) is 0 Å². The molecule has 4 rings (SSSR count). The van der Waals surface area contributed by atoms with Crippen molar-refractivity contribution in [3.8, 4) is 17.3 Å². The van der Waals surface area contributed by atoms with Crippen LogP contribution in [0.15, 0.2) is 63.7 Å².